The summed E-state index contributed by atoms with van der Waals surface area (Å²) >= 11 is 0. The summed E-state index contributed by atoms with van der Waals surface area (Å²) in [5.74, 6) is 0.0116. The van der Waals surface area contributed by atoms with Gasteiger partial charge in [0.15, 0.2) is 0 Å². The molecule has 3 N–H and O–H groups in total. The van der Waals surface area contributed by atoms with E-state index in [4.69, 9.17) is 0 Å². The molecule has 0 saturated carbocycles. The maximum atomic E-state index is 12.6. The molecule has 1 aromatic heterocycles. The van der Waals surface area contributed by atoms with Gasteiger partial charge in [-0.1, -0.05) is 0 Å². The number of benzene rings is 1. The van der Waals surface area contributed by atoms with Crippen LogP contribution in [0.2, 0.25) is 0 Å². The van der Waals surface area contributed by atoms with Crippen LogP contribution in [0.3, 0.4) is 0 Å². The number of nitrogens with zero attached hydrogens (tertiary/aromatic N) is 3. The fraction of sp³-hybridized carbons (Fsp3) is 0.409. The van der Waals surface area contributed by atoms with Crippen LogP contribution in [0.15, 0.2) is 41.2 Å². The molecule has 0 radical (unpaired) electrons. The van der Waals surface area contributed by atoms with Crippen LogP contribution in [-0.2, 0) is 16.6 Å². The van der Waals surface area contributed by atoms with E-state index in [2.05, 4.69) is 21.0 Å². The molecule has 2 heterocycles. The van der Waals surface area contributed by atoms with Gasteiger partial charge in [-0.2, -0.15) is 5.10 Å². The van der Waals surface area contributed by atoms with Gasteiger partial charge in [0, 0.05) is 57.5 Å². The molecule has 32 heavy (non-hydrogen) atoms. The molecular formula is C22H28N6O4. The second-order valence-corrected chi connectivity index (χ2v) is 7.74. The van der Waals surface area contributed by atoms with Crippen molar-refractivity contribution in [3.05, 3.63) is 52.3 Å². The molecule has 1 aliphatic rings. The van der Waals surface area contributed by atoms with Crippen LogP contribution in [0.1, 0.15) is 30.1 Å². The van der Waals surface area contributed by atoms with Crippen molar-refractivity contribution in [3.63, 3.8) is 0 Å². The summed E-state index contributed by atoms with van der Waals surface area (Å²) in [6.45, 7) is 3.36. The van der Waals surface area contributed by atoms with Gasteiger partial charge >= 0.3 is 0 Å². The largest absolute Gasteiger partial charge is 0.354 e. The Morgan fingerprint density at radius 2 is 1.78 bits per heavy atom. The van der Waals surface area contributed by atoms with Gasteiger partial charge in [-0.25, -0.2) is 4.68 Å². The Morgan fingerprint density at radius 1 is 1.06 bits per heavy atom. The molecule has 1 aliphatic heterocycles. The summed E-state index contributed by atoms with van der Waals surface area (Å²) in [4.78, 5) is 49.4. The molecule has 1 atom stereocenters. The summed E-state index contributed by atoms with van der Waals surface area (Å²) in [5.41, 5.74) is 0.916. The monoisotopic (exact) mass is 440 g/mol. The highest BCUT2D eigenvalue weighted by Crippen LogP contribution is 2.21. The second-order valence-electron chi connectivity index (χ2n) is 7.74. The van der Waals surface area contributed by atoms with Crippen LogP contribution in [-0.4, -0.2) is 53.7 Å². The predicted octanol–water partition coefficient (Wildman–Crippen LogP) is 0.501. The van der Waals surface area contributed by atoms with Crippen LogP contribution in [0, 0.1) is 5.92 Å². The molecule has 10 nitrogen and oxygen atoms in total. The summed E-state index contributed by atoms with van der Waals surface area (Å²) in [6.07, 6.45) is 1.63. The number of nitrogens with one attached hydrogen (secondary N) is 3. The van der Waals surface area contributed by atoms with E-state index in [0.29, 0.717) is 36.7 Å². The predicted molar refractivity (Wildman–Crippen MR) is 121 cm³/mol. The fourth-order valence-electron chi connectivity index (χ4n) is 3.57. The molecule has 0 unspecified atom stereocenters. The number of piperidine rings is 1. The maximum Gasteiger partial charge on any atom is 0.266 e. The molecule has 3 amide bonds. The van der Waals surface area contributed by atoms with Gasteiger partial charge in [-0.05, 0) is 43.2 Å². The van der Waals surface area contributed by atoms with Crippen LogP contribution >= 0.6 is 0 Å². The zero-order valence-electron chi connectivity index (χ0n) is 18.3. The molecule has 0 aliphatic carbocycles. The molecule has 3 rings (SSSR count). The van der Waals surface area contributed by atoms with Gasteiger partial charge in [0.2, 0.25) is 11.8 Å². The summed E-state index contributed by atoms with van der Waals surface area (Å²) in [6, 6.07) is 9.73. The number of anilines is 2. The molecule has 1 aromatic carbocycles. The molecule has 0 spiro atoms. The van der Waals surface area contributed by atoms with Crippen LogP contribution in [0.4, 0.5) is 11.5 Å². The Labute approximate surface area is 186 Å². The van der Waals surface area contributed by atoms with E-state index in [-0.39, 0.29) is 29.2 Å². The van der Waals surface area contributed by atoms with Crippen molar-refractivity contribution >= 4 is 29.2 Å². The van der Waals surface area contributed by atoms with Crippen molar-refractivity contribution in [1.82, 2.24) is 20.4 Å². The first-order valence-electron chi connectivity index (χ1n) is 10.6. The topological polar surface area (TPSA) is 125 Å². The van der Waals surface area contributed by atoms with Crippen molar-refractivity contribution in [1.29, 1.82) is 0 Å². The van der Waals surface area contributed by atoms with Gasteiger partial charge < -0.3 is 20.9 Å². The highest BCUT2D eigenvalue weighted by Gasteiger charge is 2.26. The van der Waals surface area contributed by atoms with E-state index in [9.17, 15) is 19.2 Å². The summed E-state index contributed by atoms with van der Waals surface area (Å²) in [7, 11) is 1.60. The second kappa shape index (κ2) is 10.6. The van der Waals surface area contributed by atoms with Crippen LogP contribution in [0.25, 0.3) is 0 Å². The first-order valence-corrected chi connectivity index (χ1v) is 10.6. The van der Waals surface area contributed by atoms with Gasteiger partial charge in [-0.15, -0.1) is 0 Å². The van der Waals surface area contributed by atoms with E-state index in [1.54, 1.807) is 37.4 Å². The third kappa shape index (κ3) is 6.16. The number of carbonyl (C=O) groups excluding carboxylic acids is 3. The van der Waals surface area contributed by atoms with Crippen LogP contribution in [0.5, 0.6) is 0 Å². The lowest BCUT2D eigenvalue weighted by Crippen LogP contribution is -2.45. The van der Waals surface area contributed by atoms with E-state index in [1.807, 2.05) is 4.90 Å². The number of amides is 3. The minimum absolute atomic E-state index is 0.0616. The summed E-state index contributed by atoms with van der Waals surface area (Å²) < 4.78 is 1.29. The average Bonchev–Trinajstić information content (AvgIpc) is 2.78. The van der Waals surface area contributed by atoms with Crippen molar-refractivity contribution < 1.29 is 14.4 Å². The summed E-state index contributed by atoms with van der Waals surface area (Å²) in [5, 5.41) is 12.6. The Balaban J connectivity index is 1.43. The standard InChI is InChI=1S/C22H28N6O4/c1-15(29)25-18-7-5-16(6-8-18)21(31)23-11-12-24-22(32)17-4-3-13-28(14-17)19-9-10-20(30)27(2)26-19/h5-10,17H,3-4,11-14H2,1-2H3,(H,23,31)(H,24,32)(H,25,29)/t17-/m0/s1. The van der Waals surface area contributed by atoms with Crippen molar-refractivity contribution in [2.24, 2.45) is 13.0 Å². The molecule has 2 aromatic rings. The number of hydrogen-bond donors (Lipinski definition) is 3. The van der Waals surface area contributed by atoms with E-state index < -0.39 is 0 Å². The number of aromatic nitrogens is 2. The average molecular weight is 441 g/mol. The highest BCUT2D eigenvalue weighted by molar-refractivity contribution is 5.95. The first kappa shape index (κ1) is 23.0. The minimum atomic E-state index is -0.252. The lowest BCUT2D eigenvalue weighted by molar-refractivity contribution is -0.125. The highest BCUT2D eigenvalue weighted by atomic mass is 16.2. The molecule has 1 fully saturated rings. The van der Waals surface area contributed by atoms with Gasteiger partial charge in [0.05, 0.1) is 5.92 Å². The smallest absolute Gasteiger partial charge is 0.266 e. The lowest BCUT2D eigenvalue weighted by atomic mass is 9.97. The van der Waals surface area contributed by atoms with Gasteiger partial charge in [0.1, 0.15) is 5.82 Å². The van der Waals surface area contributed by atoms with E-state index >= 15 is 0 Å². The van der Waals surface area contributed by atoms with E-state index in [0.717, 1.165) is 19.4 Å². The molecular weight excluding hydrogens is 412 g/mol. The third-order valence-electron chi connectivity index (χ3n) is 5.24. The third-order valence-corrected chi connectivity index (χ3v) is 5.24. The minimum Gasteiger partial charge on any atom is -0.354 e. The molecule has 10 heteroatoms. The normalized spacial score (nSPS) is 15.7. The number of rotatable bonds is 7. The number of aryl methyl sites for hydroxylation is 1. The lowest BCUT2D eigenvalue weighted by Gasteiger charge is -2.32. The Hall–Kier alpha value is -3.69. The molecule has 170 valence electrons. The Morgan fingerprint density at radius 3 is 2.47 bits per heavy atom. The van der Waals surface area contributed by atoms with Gasteiger partial charge in [-0.3, -0.25) is 19.2 Å². The molecule has 1 saturated heterocycles. The SMILES string of the molecule is CC(=O)Nc1ccc(C(=O)NCCNC(=O)[C@H]2CCCN(c3ccc(=O)n(C)n3)C2)cc1. The maximum absolute atomic E-state index is 12.6. The van der Waals surface area contributed by atoms with E-state index in [1.165, 1.54) is 17.7 Å². The first-order chi connectivity index (χ1) is 15.3. The van der Waals surface area contributed by atoms with Crippen molar-refractivity contribution in [3.8, 4) is 0 Å². The number of carbonyl (C=O) groups is 3. The van der Waals surface area contributed by atoms with Crippen LogP contribution < -0.4 is 26.4 Å². The van der Waals surface area contributed by atoms with Gasteiger partial charge in [0.25, 0.3) is 11.5 Å². The molecule has 0 bridgehead atoms. The number of hydrogen-bond acceptors (Lipinski definition) is 6. The van der Waals surface area contributed by atoms with Crippen molar-refractivity contribution in [2.45, 2.75) is 19.8 Å². The fourth-order valence-corrected chi connectivity index (χ4v) is 3.57. The van der Waals surface area contributed by atoms with Crippen molar-refractivity contribution in [2.75, 3.05) is 36.4 Å². The zero-order chi connectivity index (χ0) is 23.1. The Bertz CT molecular complexity index is 1030. The zero-order valence-corrected chi connectivity index (χ0v) is 18.3. The quantitative estimate of drug-likeness (QED) is 0.539. The Kier molecular flexibility index (Phi) is 7.58.